The lowest BCUT2D eigenvalue weighted by Gasteiger charge is -2.19. The minimum Gasteiger partial charge on any atom is -0.309 e. The van der Waals surface area contributed by atoms with Crippen molar-refractivity contribution in [1.29, 1.82) is 0 Å². The third-order valence-corrected chi connectivity index (χ3v) is 27.3. The van der Waals surface area contributed by atoms with Crippen LogP contribution in [0, 0.1) is 6.92 Å². The Bertz CT molecular complexity index is 8990. The molecular weight excluding hydrogens is 1590 g/mol. The lowest BCUT2D eigenvalue weighted by molar-refractivity contribution is 1.18. The molecule has 27 rings (SSSR count). The summed E-state index contributed by atoms with van der Waals surface area (Å²) in [5, 5.41) is 27.9. The minimum absolute atomic E-state index is 1.16. The predicted molar refractivity (Wildman–Crippen MR) is 565 cm³/mol. The SMILES string of the molecule is Cc1ccc2cc(-c3c4ccccc4c(-c4cccc(-n5c6ccccc6c6ccccc65)c4)c4ccccc34)ccc2c1.c1cc(-c2c3ccccc3c(-c3ccc4ccccc4c3)c3ccccc23)cc(-n2c3ccccc3c3ccccc32)c1.c1ccc(-c2cccc(-c3c4ccccc4c(-c4cccc(-n5c6ccccc6c6ccccc65)c4)c4ccccc34)c2)cc1. The first-order valence-electron chi connectivity index (χ1n) is 45.7. The maximum absolute atomic E-state index is 2.41. The van der Waals surface area contributed by atoms with E-state index in [4.69, 9.17) is 0 Å². The molecular formula is C129H85N3. The van der Waals surface area contributed by atoms with Gasteiger partial charge in [0.2, 0.25) is 0 Å². The molecule has 3 heteroatoms. The molecule has 0 N–H and O–H groups in total. The van der Waals surface area contributed by atoms with Gasteiger partial charge in [-0.15, -0.1) is 0 Å². The van der Waals surface area contributed by atoms with Crippen LogP contribution in [0.5, 0.6) is 0 Å². The van der Waals surface area contributed by atoms with E-state index in [1.54, 1.807) is 0 Å². The van der Waals surface area contributed by atoms with Crippen molar-refractivity contribution >= 4 is 152 Å². The molecule has 27 aromatic rings. The zero-order valence-electron chi connectivity index (χ0n) is 72.7. The van der Waals surface area contributed by atoms with Gasteiger partial charge in [-0.3, -0.25) is 0 Å². The molecule has 24 aromatic carbocycles. The number of fused-ring (bicyclic) bond motifs is 17. The van der Waals surface area contributed by atoms with Crippen LogP contribution in [0.4, 0.5) is 0 Å². The first-order chi connectivity index (χ1) is 65.4. The molecule has 0 aliphatic carbocycles. The van der Waals surface area contributed by atoms with Crippen LogP contribution in [0.3, 0.4) is 0 Å². The van der Waals surface area contributed by atoms with E-state index < -0.39 is 0 Å². The Morgan fingerprint density at radius 1 is 0.121 bits per heavy atom. The molecule has 616 valence electrons. The maximum atomic E-state index is 2.41. The molecule has 132 heavy (non-hydrogen) atoms. The molecule has 3 aromatic heterocycles. The van der Waals surface area contributed by atoms with Crippen molar-refractivity contribution < 1.29 is 0 Å². The summed E-state index contributed by atoms with van der Waals surface area (Å²) in [5.41, 5.74) is 29.6. The highest BCUT2D eigenvalue weighted by Gasteiger charge is 2.25. The molecule has 3 nitrogen and oxygen atoms in total. The second-order valence-electron chi connectivity index (χ2n) is 34.9. The van der Waals surface area contributed by atoms with Crippen LogP contribution in [0.2, 0.25) is 0 Å². The number of rotatable bonds is 10. The van der Waals surface area contributed by atoms with Gasteiger partial charge in [0.1, 0.15) is 0 Å². The molecule has 0 aliphatic rings. The highest BCUT2D eigenvalue weighted by molar-refractivity contribution is 6.26. The fourth-order valence-corrected chi connectivity index (χ4v) is 21.6. The summed E-state index contributed by atoms with van der Waals surface area (Å²) in [4.78, 5) is 0. The van der Waals surface area contributed by atoms with Gasteiger partial charge >= 0.3 is 0 Å². The predicted octanol–water partition coefficient (Wildman–Crippen LogP) is 35.6. The standard InChI is InChI=1S/C44H29N.C43H29N.C42H27N/c1-2-14-30(15-3-1)31-16-12-17-32(28-31)43-37-22-4-6-24-39(37)44(40-25-7-5-23-38(40)43)33-18-13-19-34(29-33)45-41-26-10-8-20-35(41)36-21-9-11-27-42(36)45;1-28-21-22-30-26-32(24-23-29(30)25-28)43-38-17-4-2-15-36(38)42(37-16-3-5-18-39(37)43)31-11-10-12-33(27-31)44-40-19-8-6-13-34(40)35-14-7-9-20-41(35)44;1-2-13-29-26-31(25-24-28(29)12-1)42-37-20-5-3-18-35(37)41(36-19-4-6-21-38(36)42)30-14-11-15-32(27-30)43-39-22-9-7-16-33(39)34-17-8-10-23-40(34)43/h1-29H;2-27H,1H3;1-27H. The number of hydrogen-bond donors (Lipinski definition) is 0. The highest BCUT2D eigenvalue weighted by atomic mass is 15.0. The number of aryl methyl sites for hydroxylation is 1. The number of aromatic nitrogens is 3. The number of para-hydroxylation sites is 6. The highest BCUT2D eigenvalue weighted by Crippen LogP contribution is 2.50. The van der Waals surface area contributed by atoms with E-state index in [0.717, 1.165) is 5.69 Å². The van der Waals surface area contributed by atoms with Gasteiger partial charge < -0.3 is 13.7 Å². The van der Waals surface area contributed by atoms with E-state index in [2.05, 4.69) is 518 Å². The summed E-state index contributed by atoms with van der Waals surface area (Å²) in [6, 6.07) is 182. The van der Waals surface area contributed by atoms with Crippen LogP contribution in [-0.2, 0) is 0 Å². The van der Waals surface area contributed by atoms with Crippen molar-refractivity contribution in [2.75, 3.05) is 0 Å². The van der Waals surface area contributed by atoms with E-state index >= 15 is 0 Å². The van der Waals surface area contributed by atoms with Gasteiger partial charge in [0.05, 0.1) is 33.1 Å². The first kappa shape index (κ1) is 77.1. The smallest absolute Gasteiger partial charge is 0.0541 e. The largest absolute Gasteiger partial charge is 0.309 e. The van der Waals surface area contributed by atoms with E-state index in [0.29, 0.717) is 0 Å². The van der Waals surface area contributed by atoms with E-state index in [9.17, 15) is 0 Å². The number of benzene rings is 24. The van der Waals surface area contributed by atoms with Gasteiger partial charge in [-0.25, -0.2) is 0 Å². The molecule has 0 fully saturated rings. The van der Waals surface area contributed by atoms with Gasteiger partial charge in [-0.05, 0) is 262 Å². The van der Waals surface area contributed by atoms with Crippen LogP contribution in [0.1, 0.15) is 5.56 Å². The third-order valence-electron chi connectivity index (χ3n) is 27.3. The van der Waals surface area contributed by atoms with Gasteiger partial charge in [-0.2, -0.15) is 0 Å². The van der Waals surface area contributed by atoms with Crippen LogP contribution < -0.4 is 0 Å². The summed E-state index contributed by atoms with van der Waals surface area (Å²) in [7, 11) is 0. The Balaban J connectivity index is 0.000000106. The fraction of sp³-hybridized carbons (Fsp3) is 0.00775. The quantitative estimate of drug-likeness (QED) is 0.121. The van der Waals surface area contributed by atoms with E-state index in [1.807, 2.05) is 0 Å². The summed E-state index contributed by atoms with van der Waals surface area (Å²) >= 11 is 0. The molecule has 3 heterocycles. The summed E-state index contributed by atoms with van der Waals surface area (Å²) < 4.78 is 7.22. The minimum atomic E-state index is 1.16. The fourth-order valence-electron chi connectivity index (χ4n) is 21.6. The van der Waals surface area contributed by atoms with Crippen LogP contribution in [0.15, 0.2) is 497 Å². The molecule has 0 saturated carbocycles. The Hall–Kier alpha value is -17.2. The third kappa shape index (κ3) is 13.0. The van der Waals surface area contributed by atoms with Gasteiger partial charge in [0.25, 0.3) is 0 Å². The molecule has 0 spiro atoms. The first-order valence-corrected chi connectivity index (χ1v) is 45.7. The molecule has 0 aliphatic heterocycles. The second kappa shape index (κ2) is 32.3. The molecule has 0 bridgehead atoms. The van der Waals surface area contributed by atoms with E-state index in [-0.39, 0.29) is 0 Å². The Kier molecular flexibility index (Phi) is 18.8. The average Bonchev–Trinajstić information content (AvgIpc) is 1.22. The molecule has 0 saturated heterocycles. The number of hydrogen-bond acceptors (Lipinski definition) is 0. The van der Waals surface area contributed by atoms with Crippen LogP contribution in [0.25, 0.3) is 247 Å². The zero-order valence-corrected chi connectivity index (χ0v) is 72.7. The topological polar surface area (TPSA) is 14.8 Å². The second-order valence-corrected chi connectivity index (χ2v) is 34.9. The number of nitrogens with zero attached hydrogens (tertiary/aromatic N) is 3. The van der Waals surface area contributed by atoms with Crippen molar-refractivity contribution in [3.63, 3.8) is 0 Å². The van der Waals surface area contributed by atoms with Gasteiger partial charge in [-0.1, -0.05) is 412 Å². The van der Waals surface area contributed by atoms with E-state index in [1.165, 1.54) is 246 Å². The summed E-state index contributed by atoms with van der Waals surface area (Å²) in [5.74, 6) is 0. The Morgan fingerprint density at radius 3 is 0.636 bits per heavy atom. The van der Waals surface area contributed by atoms with Gasteiger partial charge in [0.15, 0.2) is 0 Å². The maximum Gasteiger partial charge on any atom is 0.0541 e. The van der Waals surface area contributed by atoms with Crippen molar-refractivity contribution in [3.8, 4) is 95.0 Å². The van der Waals surface area contributed by atoms with Crippen molar-refractivity contribution in [3.05, 3.63) is 503 Å². The monoisotopic (exact) mass is 1680 g/mol. The van der Waals surface area contributed by atoms with Crippen molar-refractivity contribution in [2.45, 2.75) is 6.92 Å². The van der Waals surface area contributed by atoms with Crippen LogP contribution in [-0.4, -0.2) is 13.7 Å². The Morgan fingerprint density at radius 2 is 0.326 bits per heavy atom. The summed E-state index contributed by atoms with van der Waals surface area (Å²) in [6.45, 7) is 2.16. The summed E-state index contributed by atoms with van der Waals surface area (Å²) in [6.07, 6.45) is 0. The van der Waals surface area contributed by atoms with Crippen molar-refractivity contribution in [2.24, 2.45) is 0 Å². The van der Waals surface area contributed by atoms with Crippen LogP contribution >= 0.6 is 0 Å². The molecule has 0 atom stereocenters. The zero-order chi connectivity index (χ0) is 87.3. The lowest BCUT2D eigenvalue weighted by atomic mass is 9.85. The lowest BCUT2D eigenvalue weighted by Crippen LogP contribution is -1.95. The molecule has 0 unspecified atom stereocenters. The Labute approximate surface area is 764 Å². The average molecular weight is 1680 g/mol. The molecule has 0 radical (unpaired) electrons. The van der Waals surface area contributed by atoms with Gasteiger partial charge in [0, 0.05) is 49.4 Å². The molecule has 0 amide bonds. The van der Waals surface area contributed by atoms with Crippen molar-refractivity contribution in [1.82, 2.24) is 13.7 Å². The normalized spacial score (nSPS) is 11.7.